The molecule has 0 saturated heterocycles. The van der Waals surface area contributed by atoms with Crippen molar-refractivity contribution in [3.63, 3.8) is 0 Å². The zero-order valence-corrected chi connectivity index (χ0v) is 9.14. The second kappa shape index (κ2) is 4.42. The van der Waals surface area contributed by atoms with Crippen LogP contribution >= 0.6 is 11.6 Å². The average Bonchev–Trinajstić information content (AvgIpc) is 2.53. The van der Waals surface area contributed by atoms with Crippen LogP contribution in [0.1, 0.15) is 30.0 Å². The topological polar surface area (TPSA) is 34.9 Å². The molecule has 4 heteroatoms. The smallest absolute Gasteiger partial charge is 0.256 e. The summed E-state index contributed by atoms with van der Waals surface area (Å²) in [4.78, 5) is 15.6. The van der Waals surface area contributed by atoms with Gasteiger partial charge in [-0.1, -0.05) is 20.4 Å². The Kier molecular flexibility index (Phi) is 3.47. The number of allylic oxidation sites excluding steroid dienone is 1. The van der Waals surface area contributed by atoms with Gasteiger partial charge in [0.25, 0.3) is 5.91 Å². The Morgan fingerprint density at radius 2 is 2.21 bits per heavy atom. The Balaban J connectivity index is 3.32. The van der Waals surface area contributed by atoms with Gasteiger partial charge in [-0.15, -0.1) is 0 Å². The lowest BCUT2D eigenvalue weighted by Crippen LogP contribution is -2.11. The van der Waals surface area contributed by atoms with Gasteiger partial charge in [-0.25, -0.2) is 4.98 Å². The Morgan fingerprint density at radius 3 is 2.64 bits per heavy atom. The normalized spacial score (nSPS) is 10.2. The van der Waals surface area contributed by atoms with E-state index in [0.717, 1.165) is 24.2 Å². The van der Waals surface area contributed by atoms with E-state index in [1.807, 2.05) is 13.8 Å². The van der Waals surface area contributed by atoms with Gasteiger partial charge in [0.15, 0.2) is 0 Å². The summed E-state index contributed by atoms with van der Waals surface area (Å²) in [5, 5.41) is 0.226. The first-order chi connectivity index (χ1) is 6.65. The molecule has 0 atom stereocenters. The van der Waals surface area contributed by atoms with Crippen molar-refractivity contribution < 1.29 is 4.79 Å². The maximum absolute atomic E-state index is 11.5. The van der Waals surface area contributed by atoms with Gasteiger partial charge < -0.3 is 0 Å². The first-order valence-electron chi connectivity index (χ1n) is 4.58. The lowest BCUT2D eigenvalue weighted by Gasteiger charge is -2.03. The lowest BCUT2D eigenvalue weighted by molar-refractivity contribution is 0.0966. The molecule has 0 spiro atoms. The summed E-state index contributed by atoms with van der Waals surface area (Å²) < 4.78 is 1.41. The predicted octanol–water partition coefficient (Wildman–Crippen LogP) is 2.49. The van der Waals surface area contributed by atoms with Crippen LogP contribution in [0.2, 0.25) is 5.28 Å². The van der Waals surface area contributed by atoms with Gasteiger partial charge in [0.05, 0.1) is 5.69 Å². The Morgan fingerprint density at radius 1 is 1.57 bits per heavy atom. The van der Waals surface area contributed by atoms with Crippen molar-refractivity contribution in [3.05, 3.63) is 29.3 Å². The second-order valence-corrected chi connectivity index (χ2v) is 3.20. The van der Waals surface area contributed by atoms with Crippen molar-refractivity contribution in [1.29, 1.82) is 0 Å². The minimum Gasteiger partial charge on any atom is -0.269 e. The molecule has 76 valence electrons. The number of imidazole rings is 1. The summed E-state index contributed by atoms with van der Waals surface area (Å²) >= 11 is 5.86. The van der Waals surface area contributed by atoms with Crippen molar-refractivity contribution in [2.75, 3.05) is 0 Å². The number of aryl methyl sites for hydroxylation is 1. The van der Waals surface area contributed by atoms with E-state index < -0.39 is 0 Å². The minimum atomic E-state index is -0.223. The van der Waals surface area contributed by atoms with Crippen molar-refractivity contribution in [3.8, 4) is 0 Å². The number of aromatic nitrogens is 2. The van der Waals surface area contributed by atoms with Gasteiger partial charge in [0.2, 0.25) is 5.28 Å². The van der Waals surface area contributed by atoms with Crippen molar-refractivity contribution in [2.45, 2.75) is 26.7 Å². The van der Waals surface area contributed by atoms with E-state index in [1.54, 1.807) is 0 Å². The van der Waals surface area contributed by atoms with Crippen LogP contribution in [0.3, 0.4) is 0 Å². The van der Waals surface area contributed by atoms with Gasteiger partial charge in [0, 0.05) is 5.69 Å². The summed E-state index contributed by atoms with van der Waals surface area (Å²) in [6, 6.07) is 0. The highest BCUT2D eigenvalue weighted by molar-refractivity contribution is 6.29. The maximum atomic E-state index is 11.5. The predicted molar refractivity (Wildman–Crippen MR) is 56.8 cm³/mol. The molecule has 0 fully saturated rings. The average molecular weight is 213 g/mol. The summed E-state index contributed by atoms with van der Waals surface area (Å²) in [6.07, 6.45) is 2.76. The first-order valence-corrected chi connectivity index (χ1v) is 4.96. The number of halogens is 1. The standard InChI is InChI=1S/C10H13ClN2O/c1-4-7-8(5-2)13(9(14)6-3)10(11)12-7/h6H,3-5H2,1-2H3. The molecule has 0 saturated carbocycles. The molecule has 1 aromatic rings. The highest BCUT2D eigenvalue weighted by atomic mass is 35.5. The fraction of sp³-hybridized carbons (Fsp3) is 0.400. The molecule has 0 aromatic carbocycles. The summed E-state index contributed by atoms with van der Waals surface area (Å²) in [6.45, 7) is 7.39. The number of carbonyl (C=O) groups excluding carboxylic acids is 1. The molecular weight excluding hydrogens is 200 g/mol. The zero-order chi connectivity index (χ0) is 10.7. The van der Waals surface area contributed by atoms with Gasteiger partial charge in [-0.3, -0.25) is 9.36 Å². The van der Waals surface area contributed by atoms with Gasteiger partial charge in [-0.2, -0.15) is 0 Å². The van der Waals surface area contributed by atoms with Crippen molar-refractivity contribution in [2.24, 2.45) is 0 Å². The molecule has 0 unspecified atom stereocenters. The Bertz CT molecular complexity index is 368. The quantitative estimate of drug-likeness (QED) is 0.722. The van der Waals surface area contributed by atoms with E-state index in [4.69, 9.17) is 11.6 Å². The zero-order valence-electron chi connectivity index (χ0n) is 8.38. The van der Waals surface area contributed by atoms with Crippen molar-refractivity contribution >= 4 is 17.5 Å². The van der Waals surface area contributed by atoms with Crippen LogP contribution in [0.15, 0.2) is 12.7 Å². The van der Waals surface area contributed by atoms with E-state index in [9.17, 15) is 4.79 Å². The lowest BCUT2D eigenvalue weighted by atomic mass is 10.2. The third-order valence-corrected chi connectivity index (χ3v) is 2.33. The number of carbonyl (C=O) groups is 1. The molecule has 1 heterocycles. The van der Waals surface area contributed by atoms with Crippen LogP contribution < -0.4 is 0 Å². The van der Waals surface area contributed by atoms with Crippen LogP contribution in [0, 0.1) is 0 Å². The van der Waals surface area contributed by atoms with Gasteiger partial charge in [-0.05, 0) is 30.5 Å². The summed E-state index contributed by atoms with van der Waals surface area (Å²) in [5.74, 6) is -0.223. The second-order valence-electron chi connectivity index (χ2n) is 2.86. The molecule has 0 aliphatic heterocycles. The molecule has 0 radical (unpaired) electrons. The molecule has 1 aromatic heterocycles. The fourth-order valence-electron chi connectivity index (χ4n) is 1.43. The third kappa shape index (κ3) is 1.73. The fourth-order valence-corrected chi connectivity index (χ4v) is 1.71. The van der Waals surface area contributed by atoms with Crippen LogP contribution in [-0.4, -0.2) is 15.5 Å². The SMILES string of the molecule is C=CC(=O)n1c(Cl)nc(CC)c1CC. The highest BCUT2D eigenvalue weighted by Gasteiger charge is 2.16. The van der Waals surface area contributed by atoms with E-state index in [-0.39, 0.29) is 11.2 Å². The molecule has 0 amide bonds. The maximum Gasteiger partial charge on any atom is 0.256 e. The third-order valence-electron chi connectivity index (χ3n) is 2.08. The number of nitrogens with zero attached hydrogens (tertiary/aromatic N) is 2. The van der Waals surface area contributed by atoms with E-state index in [2.05, 4.69) is 11.6 Å². The number of hydrogen-bond acceptors (Lipinski definition) is 2. The highest BCUT2D eigenvalue weighted by Crippen LogP contribution is 2.17. The summed E-state index contributed by atoms with van der Waals surface area (Å²) in [7, 11) is 0. The molecule has 0 aliphatic rings. The summed E-state index contributed by atoms with van der Waals surface area (Å²) in [5.41, 5.74) is 1.76. The molecular formula is C10H13ClN2O. The monoisotopic (exact) mass is 212 g/mol. The van der Waals surface area contributed by atoms with Crippen LogP contribution in [0.25, 0.3) is 0 Å². The largest absolute Gasteiger partial charge is 0.269 e. The van der Waals surface area contributed by atoms with Crippen molar-refractivity contribution in [1.82, 2.24) is 9.55 Å². The van der Waals surface area contributed by atoms with Gasteiger partial charge >= 0.3 is 0 Å². The van der Waals surface area contributed by atoms with E-state index in [0.29, 0.717) is 0 Å². The molecule has 3 nitrogen and oxygen atoms in total. The molecule has 1 rings (SSSR count). The van der Waals surface area contributed by atoms with Crippen LogP contribution in [0.4, 0.5) is 0 Å². The number of hydrogen-bond donors (Lipinski definition) is 0. The molecule has 0 N–H and O–H groups in total. The minimum absolute atomic E-state index is 0.223. The molecule has 14 heavy (non-hydrogen) atoms. The Hall–Kier alpha value is -1.09. The van der Waals surface area contributed by atoms with Crippen LogP contribution in [-0.2, 0) is 12.8 Å². The first kappa shape index (κ1) is 11.0. The van der Waals surface area contributed by atoms with Crippen LogP contribution in [0.5, 0.6) is 0 Å². The molecule has 0 aliphatic carbocycles. The van der Waals surface area contributed by atoms with E-state index >= 15 is 0 Å². The number of rotatable bonds is 3. The van der Waals surface area contributed by atoms with Gasteiger partial charge in [0.1, 0.15) is 0 Å². The molecule has 0 bridgehead atoms. The van der Waals surface area contributed by atoms with E-state index in [1.165, 1.54) is 10.6 Å². The Labute approximate surface area is 88.4 Å².